The molecular weight excluding hydrogens is 562 g/mol. The van der Waals surface area contributed by atoms with Crippen LogP contribution in [-0.2, 0) is 11.2 Å². The molecule has 0 bridgehead atoms. The lowest BCUT2D eigenvalue weighted by Gasteiger charge is -2.09. The van der Waals surface area contributed by atoms with E-state index in [1.54, 1.807) is 73.8 Å². The lowest BCUT2D eigenvalue weighted by atomic mass is 10.1. The molecule has 39 heavy (non-hydrogen) atoms. The summed E-state index contributed by atoms with van der Waals surface area (Å²) in [5.74, 6) is -0.246. The Balaban J connectivity index is 1.35. The minimum absolute atomic E-state index is 0.152. The number of ether oxygens (including phenoxy) is 2. The molecule has 8 nitrogen and oxygen atoms in total. The van der Waals surface area contributed by atoms with E-state index < -0.39 is 11.9 Å². The van der Waals surface area contributed by atoms with Gasteiger partial charge in [0.25, 0.3) is 5.91 Å². The number of esters is 1. The monoisotopic (exact) mass is 585 g/mol. The molecule has 0 saturated carbocycles. The van der Waals surface area contributed by atoms with Crippen LogP contribution in [0.3, 0.4) is 0 Å². The number of halogens is 1. The van der Waals surface area contributed by atoms with Crippen molar-refractivity contribution in [2.75, 3.05) is 12.4 Å². The Morgan fingerprint density at radius 1 is 0.872 bits per heavy atom. The van der Waals surface area contributed by atoms with Crippen molar-refractivity contribution in [2.24, 2.45) is 5.10 Å². The van der Waals surface area contributed by atoms with Crippen molar-refractivity contribution in [1.29, 1.82) is 0 Å². The first-order valence-electron chi connectivity index (χ1n) is 11.8. The fourth-order valence-electron chi connectivity index (χ4n) is 3.52. The Morgan fingerprint density at radius 3 is 2.26 bits per heavy atom. The first-order valence-corrected chi connectivity index (χ1v) is 12.6. The molecule has 9 heteroatoms. The van der Waals surface area contributed by atoms with Gasteiger partial charge >= 0.3 is 5.97 Å². The molecule has 0 heterocycles. The minimum Gasteiger partial charge on any atom is -0.497 e. The largest absolute Gasteiger partial charge is 0.497 e. The molecule has 0 radical (unpaired) electrons. The zero-order valence-electron chi connectivity index (χ0n) is 20.9. The number of hydrazone groups is 1. The molecule has 0 spiro atoms. The van der Waals surface area contributed by atoms with E-state index in [1.807, 2.05) is 30.3 Å². The van der Waals surface area contributed by atoms with E-state index in [0.29, 0.717) is 28.1 Å². The third kappa shape index (κ3) is 7.86. The van der Waals surface area contributed by atoms with Crippen molar-refractivity contribution >= 4 is 45.6 Å². The van der Waals surface area contributed by atoms with Gasteiger partial charge < -0.3 is 14.8 Å². The van der Waals surface area contributed by atoms with Crippen LogP contribution in [0.15, 0.2) is 107 Å². The van der Waals surface area contributed by atoms with Crippen LogP contribution >= 0.6 is 15.9 Å². The van der Waals surface area contributed by atoms with Gasteiger partial charge in [0.2, 0.25) is 5.91 Å². The molecule has 0 atom stereocenters. The van der Waals surface area contributed by atoms with E-state index in [4.69, 9.17) is 9.47 Å². The Morgan fingerprint density at radius 2 is 1.56 bits per heavy atom. The molecule has 0 aliphatic rings. The number of nitrogens with one attached hydrogen (secondary N) is 2. The second kappa shape index (κ2) is 13.2. The van der Waals surface area contributed by atoms with Crippen molar-refractivity contribution in [3.05, 3.63) is 124 Å². The van der Waals surface area contributed by atoms with Crippen molar-refractivity contribution in [2.45, 2.75) is 6.42 Å². The smallest absolute Gasteiger partial charge is 0.343 e. The molecule has 2 N–H and O–H groups in total. The van der Waals surface area contributed by atoms with Crippen LogP contribution in [0, 0.1) is 0 Å². The number of methoxy groups -OCH3 is 1. The topological polar surface area (TPSA) is 106 Å². The van der Waals surface area contributed by atoms with E-state index in [9.17, 15) is 14.4 Å². The summed E-state index contributed by atoms with van der Waals surface area (Å²) in [4.78, 5) is 37.4. The number of nitrogens with zero attached hydrogens (tertiary/aromatic N) is 1. The van der Waals surface area contributed by atoms with Gasteiger partial charge in [-0.05, 0) is 72.3 Å². The Kier molecular flexibility index (Phi) is 9.20. The average Bonchev–Trinajstić information content (AvgIpc) is 2.95. The summed E-state index contributed by atoms with van der Waals surface area (Å²) in [7, 11) is 1.54. The highest BCUT2D eigenvalue weighted by atomic mass is 79.9. The first-order chi connectivity index (χ1) is 18.9. The molecule has 196 valence electrons. The molecule has 4 rings (SSSR count). The molecule has 4 aromatic rings. The summed E-state index contributed by atoms with van der Waals surface area (Å²) < 4.78 is 11.4. The number of anilines is 1. The quantitative estimate of drug-likeness (QED) is 0.115. The Hall–Kier alpha value is -4.76. The summed E-state index contributed by atoms with van der Waals surface area (Å²) in [5, 5.41) is 6.83. The summed E-state index contributed by atoms with van der Waals surface area (Å²) >= 11 is 3.39. The maximum atomic E-state index is 12.6. The van der Waals surface area contributed by atoms with Crippen LogP contribution in [0.1, 0.15) is 31.8 Å². The van der Waals surface area contributed by atoms with Crippen LogP contribution in [0.25, 0.3) is 0 Å². The number of carbonyl (C=O) groups excluding carboxylic acids is 3. The lowest BCUT2D eigenvalue weighted by Crippen LogP contribution is -2.18. The van der Waals surface area contributed by atoms with Crippen molar-refractivity contribution in [3.63, 3.8) is 0 Å². The van der Waals surface area contributed by atoms with E-state index in [1.165, 1.54) is 6.21 Å². The lowest BCUT2D eigenvalue weighted by molar-refractivity contribution is -0.115. The van der Waals surface area contributed by atoms with Gasteiger partial charge in [0.1, 0.15) is 11.5 Å². The predicted octanol–water partition coefficient (Wildman–Crippen LogP) is 5.62. The molecular formula is C30H24BrN3O5. The van der Waals surface area contributed by atoms with Gasteiger partial charge in [0.15, 0.2) is 0 Å². The number of hydrogen-bond acceptors (Lipinski definition) is 6. The van der Waals surface area contributed by atoms with Crippen molar-refractivity contribution < 1.29 is 23.9 Å². The van der Waals surface area contributed by atoms with Crippen LogP contribution in [0.2, 0.25) is 0 Å². The molecule has 0 fully saturated rings. The van der Waals surface area contributed by atoms with Gasteiger partial charge in [-0.25, -0.2) is 10.2 Å². The van der Waals surface area contributed by atoms with E-state index in [0.717, 1.165) is 10.0 Å². The molecule has 2 amide bonds. The number of benzene rings is 4. The highest BCUT2D eigenvalue weighted by Crippen LogP contribution is 2.23. The number of hydrogen-bond donors (Lipinski definition) is 2. The minimum atomic E-state index is -0.547. The third-order valence-corrected chi connectivity index (χ3v) is 6.00. The SMILES string of the molecule is COc1ccc(C(=O)Oc2ccc(Br)cc2/C=N\NC(=O)c2ccc(NC(=O)Cc3ccccc3)cc2)cc1. The zero-order chi connectivity index (χ0) is 27.6. The highest BCUT2D eigenvalue weighted by Gasteiger charge is 2.12. The maximum Gasteiger partial charge on any atom is 0.343 e. The fraction of sp³-hybridized carbons (Fsp3) is 0.0667. The van der Waals surface area contributed by atoms with Gasteiger partial charge in [0, 0.05) is 21.3 Å². The normalized spacial score (nSPS) is 10.6. The summed E-state index contributed by atoms with van der Waals surface area (Å²) in [6.45, 7) is 0. The number of rotatable bonds is 9. The molecule has 4 aromatic carbocycles. The Labute approximate surface area is 233 Å². The summed E-state index contributed by atoms with van der Waals surface area (Å²) in [6, 6.07) is 27.5. The molecule has 0 saturated heterocycles. The van der Waals surface area contributed by atoms with Crippen LogP contribution in [0.5, 0.6) is 11.5 Å². The predicted molar refractivity (Wildman–Crippen MR) is 152 cm³/mol. The van der Waals surface area contributed by atoms with E-state index >= 15 is 0 Å². The molecule has 0 unspecified atom stereocenters. The number of carbonyl (C=O) groups is 3. The van der Waals surface area contributed by atoms with Gasteiger partial charge in [-0.2, -0.15) is 5.10 Å². The van der Waals surface area contributed by atoms with Gasteiger partial charge in [-0.15, -0.1) is 0 Å². The molecule has 0 aliphatic carbocycles. The van der Waals surface area contributed by atoms with Gasteiger partial charge in [-0.1, -0.05) is 46.3 Å². The van der Waals surface area contributed by atoms with Crippen molar-refractivity contribution in [3.8, 4) is 11.5 Å². The zero-order valence-corrected chi connectivity index (χ0v) is 22.5. The van der Waals surface area contributed by atoms with E-state index in [2.05, 4.69) is 31.8 Å². The maximum absolute atomic E-state index is 12.6. The van der Waals surface area contributed by atoms with Crippen LogP contribution in [0.4, 0.5) is 5.69 Å². The van der Waals surface area contributed by atoms with Gasteiger partial charge in [-0.3, -0.25) is 9.59 Å². The van der Waals surface area contributed by atoms with Crippen LogP contribution in [-0.4, -0.2) is 31.1 Å². The Bertz CT molecular complexity index is 1490. The van der Waals surface area contributed by atoms with E-state index in [-0.39, 0.29) is 18.1 Å². The average molecular weight is 586 g/mol. The van der Waals surface area contributed by atoms with Gasteiger partial charge in [0.05, 0.1) is 25.3 Å². The standard InChI is InChI=1S/C30H24BrN3O5/c1-38-26-14-9-22(10-15-26)30(37)39-27-16-11-24(31)18-23(27)19-32-34-29(36)21-7-12-25(13-8-21)33-28(35)17-20-5-3-2-4-6-20/h2-16,18-19H,17H2,1H3,(H,33,35)(H,34,36)/b32-19-. The second-order valence-electron chi connectivity index (χ2n) is 8.29. The number of amides is 2. The molecule has 0 aliphatic heterocycles. The second-order valence-corrected chi connectivity index (χ2v) is 9.20. The summed E-state index contributed by atoms with van der Waals surface area (Å²) in [6.07, 6.45) is 1.64. The van der Waals surface area contributed by atoms with Crippen molar-refractivity contribution in [1.82, 2.24) is 5.43 Å². The summed E-state index contributed by atoms with van der Waals surface area (Å²) in [5.41, 5.74) is 5.13. The third-order valence-electron chi connectivity index (χ3n) is 5.51. The highest BCUT2D eigenvalue weighted by molar-refractivity contribution is 9.10. The first kappa shape index (κ1) is 27.3. The fourth-order valence-corrected chi connectivity index (χ4v) is 3.89. The van der Waals surface area contributed by atoms with Crippen LogP contribution < -0.4 is 20.2 Å². The molecule has 0 aromatic heterocycles.